The topological polar surface area (TPSA) is 75.3 Å². The van der Waals surface area contributed by atoms with Crippen LogP contribution in [0.1, 0.15) is 31.0 Å². The molecule has 26 heavy (non-hydrogen) atoms. The van der Waals surface area contributed by atoms with Crippen molar-refractivity contribution in [3.63, 3.8) is 0 Å². The molecule has 2 aromatic rings. The lowest BCUT2D eigenvalue weighted by Crippen LogP contribution is -2.29. The zero-order chi connectivity index (χ0) is 19.5. The Labute approximate surface area is 149 Å². The Bertz CT molecular complexity index is 911. The van der Waals surface area contributed by atoms with Crippen LogP contribution in [0, 0.1) is 0 Å². The number of amides is 1. The van der Waals surface area contributed by atoms with E-state index in [0.717, 1.165) is 18.2 Å². The summed E-state index contributed by atoms with van der Waals surface area (Å²) < 4.78 is 66.4. The molecular formula is C17H17F3N2O3S. The average molecular weight is 386 g/mol. The fraction of sp³-hybridized carbons (Fsp3) is 0.235. The number of halogens is 3. The number of hydrogen-bond acceptors (Lipinski definition) is 3. The van der Waals surface area contributed by atoms with Gasteiger partial charge in [0.05, 0.1) is 10.5 Å². The van der Waals surface area contributed by atoms with Gasteiger partial charge in [0.25, 0.3) is 0 Å². The van der Waals surface area contributed by atoms with E-state index >= 15 is 0 Å². The molecule has 2 aromatic carbocycles. The summed E-state index contributed by atoms with van der Waals surface area (Å²) in [5, 5.41) is 2.56. The summed E-state index contributed by atoms with van der Waals surface area (Å²) in [5.41, 5.74) is -0.284. The van der Waals surface area contributed by atoms with E-state index in [2.05, 4.69) is 10.0 Å². The van der Waals surface area contributed by atoms with Crippen molar-refractivity contribution in [3.05, 3.63) is 59.7 Å². The predicted molar refractivity (Wildman–Crippen MR) is 90.9 cm³/mol. The van der Waals surface area contributed by atoms with Crippen molar-refractivity contribution in [2.24, 2.45) is 0 Å². The Hall–Kier alpha value is -2.39. The molecule has 1 amide bonds. The molecule has 0 bridgehead atoms. The van der Waals surface area contributed by atoms with Crippen molar-refractivity contribution < 1.29 is 26.4 Å². The van der Waals surface area contributed by atoms with Crippen LogP contribution in [0.5, 0.6) is 0 Å². The Kier molecular flexibility index (Phi) is 5.72. The van der Waals surface area contributed by atoms with Gasteiger partial charge >= 0.3 is 6.18 Å². The van der Waals surface area contributed by atoms with Crippen molar-refractivity contribution in [2.75, 3.05) is 5.32 Å². The monoisotopic (exact) mass is 386 g/mol. The van der Waals surface area contributed by atoms with E-state index in [1.807, 2.05) is 0 Å². The second kappa shape index (κ2) is 7.46. The molecule has 0 radical (unpaired) electrons. The standard InChI is InChI=1S/C17H17F3N2O3S/c1-11(13-6-5-7-14(10-13)21-12(2)23)22-26(24,25)16-9-4-3-8-15(16)17(18,19)20/h3-11,22H,1-2H3,(H,21,23). The summed E-state index contributed by atoms with van der Waals surface area (Å²) in [6.07, 6.45) is -4.79. The smallest absolute Gasteiger partial charge is 0.326 e. The van der Waals surface area contributed by atoms with E-state index in [9.17, 15) is 26.4 Å². The molecule has 0 saturated heterocycles. The van der Waals surface area contributed by atoms with Gasteiger partial charge in [0.1, 0.15) is 0 Å². The lowest BCUT2D eigenvalue weighted by Gasteiger charge is -2.18. The molecule has 2 N–H and O–H groups in total. The molecule has 0 aliphatic heterocycles. The molecular weight excluding hydrogens is 369 g/mol. The second-order valence-electron chi connectivity index (χ2n) is 5.64. The molecule has 0 heterocycles. The maximum Gasteiger partial charge on any atom is 0.417 e. The first-order valence-electron chi connectivity index (χ1n) is 7.57. The maximum absolute atomic E-state index is 13.1. The quantitative estimate of drug-likeness (QED) is 0.823. The van der Waals surface area contributed by atoms with E-state index < -0.39 is 32.7 Å². The summed E-state index contributed by atoms with van der Waals surface area (Å²) >= 11 is 0. The third kappa shape index (κ3) is 4.83. The van der Waals surface area contributed by atoms with Crippen molar-refractivity contribution >= 4 is 21.6 Å². The van der Waals surface area contributed by atoms with Crippen molar-refractivity contribution in [1.82, 2.24) is 4.72 Å². The van der Waals surface area contributed by atoms with E-state index in [-0.39, 0.29) is 5.91 Å². The van der Waals surface area contributed by atoms with Gasteiger partial charge < -0.3 is 5.32 Å². The Balaban J connectivity index is 2.32. The first kappa shape index (κ1) is 19.9. The van der Waals surface area contributed by atoms with Gasteiger partial charge in [0.15, 0.2) is 0 Å². The van der Waals surface area contributed by atoms with Gasteiger partial charge in [0, 0.05) is 18.7 Å². The molecule has 0 fully saturated rings. The first-order valence-corrected chi connectivity index (χ1v) is 9.05. The maximum atomic E-state index is 13.1. The van der Waals surface area contributed by atoms with E-state index in [1.165, 1.54) is 19.9 Å². The van der Waals surface area contributed by atoms with Gasteiger partial charge in [-0.25, -0.2) is 13.1 Å². The molecule has 9 heteroatoms. The number of carbonyl (C=O) groups is 1. The lowest BCUT2D eigenvalue weighted by molar-refractivity contribution is -0.139. The van der Waals surface area contributed by atoms with Crippen molar-refractivity contribution in [1.29, 1.82) is 0 Å². The Morgan fingerprint density at radius 1 is 1.08 bits per heavy atom. The highest BCUT2D eigenvalue weighted by Gasteiger charge is 2.37. The number of sulfonamides is 1. The Morgan fingerprint density at radius 2 is 1.73 bits per heavy atom. The number of nitrogens with one attached hydrogen (secondary N) is 2. The molecule has 1 unspecified atom stereocenters. The van der Waals surface area contributed by atoms with E-state index in [4.69, 9.17) is 0 Å². The van der Waals surface area contributed by atoms with Gasteiger partial charge in [-0.3, -0.25) is 4.79 Å². The van der Waals surface area contributed by atoms with Crippen LogP contribution in [0.25, 0.3) is 0 Å². The van der Waals surface area contributed by atoms with Crippen LogP contribution >= 0.6 is 0 Å². The largest absolute Gasteiger partial charge is 0.417 e. The van der Waals surface area contributed by atoms with E-state index in [1.54, 1.807) is 24.3 Å². The zero-order valence-electron chi connectivity index (χ0n) is 14.0. The van der Waals surface area contributed by atoms with Crippen LogP contribution in [0.15, 0.2) is 53.4 Å². The minimum absolute atomic E-state index is 0.297. The molecule has 0 aliphatic carbocycles. The molecule has 0 aliphatic rings. The van der Waals surface area contributed by atoms with Gasteiger partial charge in [-0.1, -0.05) is 24.3 Å². The van der Waals surface area contributed by atoms with Gasteiger partial charge in [-0.2, -0.15) is 13.2 Å². The minimum Gasteiger partial charge on any atom is -0.326 e. The molecule has 1 atom stereocenters. The third-order valence-electron chi connectivity index (χ3n) is 3.52. The van der Waals surface area contributed by atoms with E-state index in [0.29, 0.717) is 11.3 Å². The molecule has 0 aromatic heterocycles. The fourth-order valence-electron chi connectivity index (χ4n) is 2.39. The number of hydrogen-bond donors (Lipinski definition) is 2. The van der Waals surface area contributed by atoms with Gasteiger partial charge in [-0.05, 0) is 36.8 Å². The molecule has 0 spiro atoms. The second-order valence-corrected chi connectivity index (χ2v) is 7.33. The minimum atomic E-state index is -4.79. The molecule has 2 rings (SSSR count). The number of rotatable bonds is 5. The van der Waals surface area contributed by atoms with Crippen LogP contribution in [0.3, 0.4) is 0 Å². The summed E-state index contributed by atoms with van der Waals surface area (Å²) in [5.74, 6) is -0.297. The van der Waals surface area contributed by atoms with Gasteiger partial charge in [-0.15, -0.1) is 0 Å². The highest BCUT2D eigenvalue weighted by molar-refractivity contribution is 7.89. The number of benzene rings is 2. The number of anilines is 1. The van der Waals surface area contributed by atoms with Crippen LogP contribution in [-0.2, 0) is 21.0 Å². The number of carbonyl (C=O) groups excluding carboxylic acids is 1. The lowest BCUT2D eigenvalue weighted by atomic mass is 10.1. The number of alkyl halides is 3. The first-order chi connectivity index (χ1) is 12.0. The summed E-state index contributed by atoms with van der Waals surface area (Å²) in [6, 6.07) is 9.55. The van der Waals surface area contributed by atoms with Crippen LogP contribution < -0.4 is 10.0 Å². The molecule has 140 valence electrons. The third-order valence-corrected chi connectivity index (χ3v) is 5.12. The summed E-state index contributed by atoms with van der Waals surface area (Å²) in [4.78, 5) is 10.3. The van der Waals surface area contributed by atoms with Crippen molar-refractivity contribution in [2.45, 2.75) is 31.0 Å². The molecule has 0 saturated carbocycles. The SMILES string of the molecule is CC(=O)Nc1cccc(C(C)NS(=O)(=O)c2ccccc2C(F)(F)F)c1. The van der Waals surface area contributed by atoms with Crippen LogP contribution in [0.2, 0.25) is 0 Å². The van der Waals surface area contributed by atoms with Crippen LogP contribution in [-0.4, -0.2) is 14.3 Å². The fourth-order valence-corrected chi connectivity index (χ4v) is 3.85. The summed E-state index contributed by atoms with van der Waals surface area (Å²) in [6.45, 7) is 2.83. The van der Waals surface area contributed by atoms with Crippen LogP contribution in [0.4, 0.5) is 18.9 Å². The zero-order valence-corrected chi connectivity index (χ0v) is 14.8. The normalized spacial score (nSPS) is 13.3. The molecule has 5 nitrogen and oxygen atoms in total. The van der Waals surface area contributed by atoms with Crippen molar-refractivity contribution in [3.8, 4) is 0 Å². The predicted octanol–water partition coefficient (Wildman–Crippen LogP) is 3.70. The Morgan fingerprint density at radius 3 is 2.35 bits per heavy atom. The summed E-state index contributed by atoms with van der Waals surface area (Å²) in [7, 11) is -4.41. The average Bonchev–Trinajstić information content (AvgIpc) is 2.53. The highest BCUT2D eigenvalue weighted by Crippen LogP contribution is 2.34. The highest BCUT2D eigenvalue weighted by atomic mass is 32.2. The van der Waals surface area contributed by atoms with Gasteiger partial charge in [0.2, 0.25) is 15.9 Å².